The largest absolute Gasteiger partial charge is 0.175 e. The zero-order chi connectivity index (χ0) is 8.97. The number of hydrogen-bond donors (Lipinski definition) is 1. The van der Waals surface area contributed by atoms with E-state index in [0.29, 0.717) is 0 Å². The van der Waals surface area contributed by atoms with E-state index in [-0.39, 0.29) is 0 Å². The normalized spacial score (nSPS) is 10.2. The zero-order valence-electron chi connectivity index (χ0n) is 6.78. The minimum absolute atomic E-state index is 0.741. The monoisotopic (exact) mass is 218 g/mol. The molecule has 0 atom stereocenters. The van der Waals surface area contributed by atoms with Crippen LogP contribution in [-0.4, -0.2) is 21.7 Å². The molecule has 0 radical (unpaired) electrons. The summed E-state index contributed by atoms with van der Waals surface area (Å²) in [4.78, 5) is 0. The van der Waals surface area contributed by atoms with Crippen LogP contribution < -0.4 is 0 Å². The fraction of sp³-hybridized carbons (Fsp3) is 0.429. The lowest BCUT2D eigenvalue weighted by Crippen LogP contribution is -1.85. The summed E-state index contributed by atoms with van der Waals surface area (Å²) >= 11 is 7.41. The topological polar surface area (TPSA) is 25.8 Å². The first-order chi connectivity index (χ1) is 5.72. The van der Waals surface area contributed by atoms with E-state index in [1.807, 2.05) is 6.92 Å². The Balaban J connectivity index is 2.38. The molecule has 1 rings (SSSR count). The highest BCUT2D eigenvalue weighted by Crippen LogP contribution is 2.23. The van der Waals surface area contributed by atoms with Crippen molar-refractivity contribution in [3.8, 4) is 0 Å². The molecule has 66 valence electrons. The van der Waals surface area contributed by atoms with E-state index in [4.69, 9.17) is 0 Å². The number of thiol groups is 1. The molecule has 0 aromatic carbocycles. The predicted molar refractivity (Wildman–Crippen MR) is 58.4 cm³/mol. The highest BCUT2D eigenvalue weighted by Gasteiger charge is 2.01. The maximum Gasteiger partial charge on any atom is 0.174 e. The van der Waals surface area contributed by atoms with Gasteiger partial charge in [-0.15, -0.1) is 10.2 Å². The second-order valence-corrected chi connectivity index (χ2v) is 5.00. The maximum atomic E-state index is 4.12. The zero-order valence-corrected chi connectivity index (χ0v) is 9.31. The van der Waals surface area contributed by atoms with E-state index in [1.54, 1.807) is 23.1 Å². The van der Waals surface area contributed by atoms with E-state index in [0.717, 1.165) is 26.4 Å². The summed E-state index contributed by atoms with van der Waals surface area (Å²) in [6.07, 6.45) is 0. The van der Waals surface area contributed by atoms with E-state index >= 15 is 0 Å². The van der Waals surface area contributed by atoms with Crippen molar-refractivity contribution in [2.24, 2.45) is 0 Å². The minimum Gasteiger partial charge on any atom is -0.175 e. The van der Waals surface area contributed by atoms with Crippen molar-refractivity contribution in [1.82, 2.24) is 10.2 Å². The lowest BCUT2D eigenvalue weighted by Gasteiger charge is -1.96. The Morgan fingerprint density at radius 1 is 1.67 bits per heavy atom. The molecule has 2 nitrogen and oxygen atoms in total. The number of aryl methyl sites for hydroxylation is 1. The molecule has 12 heavy (non-hydrogen) atoms. The van der Waals surface area contributed by atoms with Gasteiger partial charge in [0.05, 0.1) is 0 Å². The molecule has 0 N–H and O–H groups in total. The molecule has 0 aliphatic carbocycles. The highest BCUT2D eigenvalue weighted by atomic mass is 32.2. The van der Waals surface area contributed by atoms with Crippen LogP contribution in [0.1, 0.15) is 5.01 Å². The third-order valence-corrected chi connectivity index (χ3v) is 3.70. The average molecular weight is 218 g/mol. The third-order valence-electron chi connectivity index (χ3n) is 1.13. The molecule has 0 saturated carbocycles. The van der Waals surface area contributed by atoms with E-state index < -0.39 is 0 Å². The molecule has 1 heterocycles. The smallest absolute Gasteiger partial charge is 0.174 e. The van der Waals surface area contributed by atoms with Gasteiger partial charge >= 0.3 is 0 Å². The van der Waals surface area contributed by atoms with Crippen LogP contribution in [0.15, 0.2) is 16.5 Å². The third kappa shape index (κ3) is 3.16. The lowest BCUT2D eigenvalue weighted by molar-refractivity contribution is 0.984. The quantitative estimate of drug-likeness (QED) is 0.477. The number of aromatic nitrogens is 2. The molecular weight excluding hydrogens is 208 g/mol. The van der Waals surface area contributed by atoms with Crippen LogP contribution in [0, 0.1) is 6.92 Å². The molecule has 5 heteroatoms. The van der Waals surface area contributed by atoms with Gasteiger partial charge in [0.25, 0.3) is 0 Å². The van der Waals surface area contributed by atoms with Crippen molar-refractivity contribution in [3.63, 3.8) is 0 Å². The Hall–Kier alpha value is -0.0000000000000000833. The molecule has 0 aliphatic rings. The molecule has 1 aromatic rings. The van der Waals surface area contributed by atoms with Crippen LogP contribution >= 0.6 is 35.7 Å². The van der Waals surface area contributed by atoms with Gasteiger partial charge in [0.1, 0.15) is 5.01 Å². The van der Waals surface area contributed by atoms with Gasteiger partial charge in [0, 0.05) is 11.5 Å². The summed E-state index contributed by atoms with van der Waals surface area (Å²) < 4.78 is 1.01. The van der Waals surface area contributed by atoms with Crippen molar-refractivity contribution in [1.29, 1.82) is 0 Å². The number of thioether (sulfide) groups is 1. The Kier molecular flexibility index (Phi) is 4.11. The first kappa shape index (κ1) is 10.1. The SMILES string of the molecule is C=C(CS)CSc1nnc(C)s1. The van der Waals surface area contributed by atoms with Crippen LogP contribution in [0.3, 0.4) is 0 Å². The first-order valence-electron chi connectivity index (χ1n) is 3.43. The molecule has 0 aliphatic heterocycles. The standard InChI is InChI=1S/C7H10N2S3/c1-5(3-10)4-11-7-9-8-6(2)12-7/h10H,1,3-4H2,2H3. The molecule has 0 unspecified atom stereocenters. The summed E-state index contributed by atoms with van der Waals surface area (Å²) in [6, 6.07) is 0. The molecule has 0 spiro atoms. The Bertz CT molecular complexity index is 269. The summed E-state index contributed by atoms with van der Waals surface area (Å²) in [6.45, 7) is 5.81. The number of rotatable bonds is 4. The summed E-state index contributed by atoms with van der Waals surface area (Å²) in [5, 5.41) is 8.92. The maximum absolute atomic E-state index is 4.12. The molecule has 0 amide bonds. The van der Waals surface area contributed by atoms with Crippen LogP contribution in [-0.2, 0) is 0 Å². The summed E-state index contributed by atoms with van der Waals surface area (Å²) in [7, 11) is 0. The molecule has 0 fully saturated rings. The van der Waals surface area contributed by atoms with Gasteiger partial charge in [-0.25, -0.2) is 0 Å². The van der Waals surface area contributed by atoms with Crippen molar-refractivity contribution in [2.75, 3.05) is 11.5 Å². The van der Waals surface area contributed by atoms with Gasteiger partial charge in [0.2, 0.25) is 0 Å². The van der Waals surface area contributed by atoms with Crippen molar-refractivity contribution >= 4 is 35.7 Å². The predicted octanol–water partition coefficient (Wildman–Crippen LogP) is 2.42. The van der Waals surface area contributed by atoms with Crippen LogP contribution in [0.5, 0.6) is 0 Å². The average Bonchev–Trinajstić information content (AvgIpc) is 2.47. The lowest BCUT2D eigenvalue weighted by atomic mass is 10.4. The van der Waals surface area contributed by atoms with Crippen LogP contribution in [0.25, 0.3) is 0 Å². The fourth-order valence-corrected chi connectivity index (χ4v) is 2.53. The fourth-order valence-electron chi connectivity index (χ4n) is 0.546. The van der Waals surface area contributed by atoms with Crippen molar-refractivity contribution < 1.29 is 0 Å². The molecular formula is C7H10N2S3. The summed E-state index contributed by atoms with van der Waals surface area (Å²) in [5.74, 6) is 1.63. The Morgan fingerprint density at radius 2 is 2.42 bits per heavy atom. The van der Waals surface area contributed by atoms with Gasteiger partial charge < -0.3 is 0 Å². The van der Waals surface area contributed by atoms with E-state index in [2.05, 4.69) is 29.4 Å². The van der Waals surface area contributed by atoms with Gasteiger partial charge in [0.15, 0.2) is 4.34 Å². The van der Waals surface area contributed by atoms with E-state index in [1.165, 1.54) is 0 Å². The Labute approximate surface area is 85.9 Å². The first-order valence-corrected chi connectivity index (χ1v) is 5.86. The van der Waals surface area contributed by atoms with Gasteiger partial charge in [-0.3, -0.25) is 0 Å². The van der Waals surface area contributed by atoms with Gasteiger partial charge in [-0.2, -0.15) is 12.6 Å². The Morgan fingerprint density at radius 3 is 2.92 bits per heavy atom. The van der Waals surface area contributed by atoms with E-state index in [9.17, 15) is 0 Å². The van der Waals surface area contributed by atoms with Crippen molar-refractivity contribution in [2.45, 2.75) is 11.3 Å². The second-order valence-electron chi connectivity index (χ2n) is 2.28. The molecule has 0 bridgehead atoms. The van der Waals surface area contributed by atoms with Crippen LogP contribution in [0.4, 0.5) is 0 Å². The number of nitrogens with zero attached hydrogens (tertiary/aromatic N) is 2. The highest BCUT2D eigenvalue weighted by molar-refractivity contribution is 8.01. The van der Waals surface area contributed by atoms with Gasteiger partial charge in [-0.1, -0.05) is 35.3 Å². The number of hydrogen-bond acceptors (Lipinski definition) is 5. The molecule has 0 saturated heterocycles. The second kappa shape index (κ2) is 4.89. The minimum atomic E-state index is 0.741. The molecule has 1 aromatic heterocycles. The van der Waals surface area contributed by atoms with Crippen molar-refractivity contribution in [3.05, 3.63) is 17.2 Å². The summed E-state index contributed by atoms with van der Waals surface area (Å²) in [5.41, 5.74) is 1.12. The van der Waals surface area contributed by atoms with Gasteiger partial charge in [-0.05, 0) is 6.92 Å². The van der Waals surface area contributed by atoms with Crippen LogP contribution in [0.2, 0.25) is 0 Å².